The lowest BCUT2D eigenvalue weighted by Crippen LogP contribution is -2.27. The third-order valence-corrected chi connectivity index (χ3v) is 2.72. The SMILES string of the molecule is CCOC(=O)C(C)CNCc1ccccc1C. The third-order valence-electron chi connectivity index (χ3n) is 2.72. The molecule has 0 aromatic heterocycles. The fourth-order valence-electron chi connectivity index (χ4n) is 1.60. The Morgan fingerprint density at radius 3 is 2.76 bits per heavy atom. The summed E-state index contributed by atoms with van der Waals surface area (Å²) in [6.07, 6.45) is 0. The summed E-state index contributed by atoms with van der Waals surface area (Å²) >= 11 is 0. The van der Waals surface area contributed by atoms with Gasteiger partial charge in [-0.2, -0.15) is 0 Å². The summed E-state index contributed by atoms with van der Waals surface area (Å²) in [6.45, 7) is 7.67. The van der Waals surface area contributed by atoms with Gasteiger partial charge in [0.15, 0.2) is 0 Å². The van der Waals surface area contributed by atoms with E-state index in [-0.39, 0.29) is 11.9 Å². The second-order valence-corrected chi connectivity index (χ2v) is 4.21. The minimum Gasteiger partial charge on any atom is -0.466 e. The van der Waals surface area contributed by atoms with E-state index in [1.54, 1.807) is 0 Å². The Morgan fingerprint density at radius 1 is 1.41 bits per heavy atom. The van der Waals surface area contributed by atoms with Crippen LogP contribution in [0.1, 0.15) is 25.0 Å². The van der Waals surface area contributed by atoms with Crippen molar-refractivity contribution >= 4 is 5.97 Å². The topological polar surface area (TPSA) is 38.3 Å². The molecular weight excluding hydrogens is 214 g/mol. The van der Waals surface area contributed by atoms with Crippen molar-refractivity contribution in [3.8, 4) is 0 Å². The first-order valence-electron chi connectivity index (χ1n) is 6.07. The number of rotatable bonds is 6. The van der Waals surface area contributed by atoms with Gasteiger partial charge in [0.2, 0.25) is 0 Å². The molecule has 1 N–H and O–H groups in total. The van der Waals surface area contributed by atoms with Crippen molar-refractivity contribution in [1.82, 2.24) is 5.32 Å². The van der Waals surface area contributed by atoms with E-state index in [0.29, 0.717) is 13.2 Å². The maximum atomic E-state index is 11.4. The molecule has 1 rings (SSSR count). The van der Waals surface area contributed by atoms with E-state index in [2.05, 4.69) is 24.4 Å². The van der Waals surface area contributed by atoms with Crippen molar-refractivity contribution in [2.24, 2.45) is 5.92 Å². The van der Waals surface area contributed by atoms with Crippen LogP contribution in [-0.2, 0) is 16.1 Å². The molecule has 17 heavy (non-hydrogen) atoms. The van der Waals surface area contributed by atoms with E-state index in [1.807, 2.05) is 26.0 Å². The summed E-state index contributed by atoms with van der Waals surface area (Å²) in [5.41, 5.74) is 2.53. The quantitative estimate of drug-likeness (QED) is 0.769. The predicted molar refractivity (Wildman–Crippen MR) is 68.7 cm³/mol. The molecule has 3 nitrogen and oxygen atoms in total. The lowest BCUT2D eigenvalue weighted by Gasteiger charge is -2.12. The number of carbonyl (C=O) groups excluding carboxylic acids is 1. The number of aryl methyl sites for hydroxylation is 1. The first-order valence-corrected chi connectivity index (χ1v) is 6.07. The monoisotopic (exact) mass is 235 g/mol. The summed E-state index contributed by atoms with van der Waals surface area (Å²) in [6, 6.07) is 8.24. The minimum absolute atomic E-state index is 0.0982. The van der Waals surface area contributed by atoms with Crippen LogP contribution in [0, 0.1) is 12.8 Å². The molecule has 0 spiro atoms. The zero-order valence-electron chi connectivity index (χ0n) is 10.8. The molecule has 1 aromatic carbocycles. The second-order valence-electron chi connectivity index (χ2n) is 4.21. The van der Waals surface area contributed by atoms with Crippen LogP contribution in [0.2, 0.25) is 0 Å². The molecule has 94 valence electrons. The standard InChI is InChI=1S/C14H21NO2/c1-4-17-14(16)12(3)9-15-10-13-8-6-5-7-11(13)2/h5-8,12,15H,4,9-10H2,1-3H3. The zero-order chi connectivity index (χ0) is 12.7. The maximum absolute atomic E-state index is 11.4. The van der Waals surface area contributed by atoms with Crippen molar-refractivity contribution in [3.05, 3.63) is 35.4 Å². The zero-order valence-corrected chi connectivity index (χ0v) is 10.8. The molecule has 0 aliphatic carbocycles. The summed E-state index contributed by atoms with van der Waals surface area (Å²) in [5.74, 6) is -0.233. The summed E-state index contributed by atoms with van der Waals surface area (Å²) in [7, 11) is 0. The van der Waals surface area contributed by atoms with Gasteiger partial charge >= 0.3 is 5.97 Å². The highest BCUT2D eigenvalue weighted by molar-refractivity contribution is 5.72. The number of benzene rings is 1. The van der Waals surface area contributed by atoms with Gasteiger partial charge in [0.1, 0.15) is 0 Å². The number of ether oxygens (including phenoxy) is 1. The van der Waals surface area contributed by atoms with E-state index in [9.17, 15) is 4.79 Å². The Hall–Kier alpha value is -1.35. The predicted octanol–water partition coefficient (Wildman–Crippen LogP) is 2.28. The summed E-state index contributed by atoms with van der Waals surface area (Å²) < 4.78 is 4.95. The molecule has 0 bridgehead atoms. The molecule has 0 fully saturated rings. The van der Waals surface area contributed by atoms with Gasteiger partial charge in [-0.25, -0.2) is 0 Å². The Balaban J connectivity index is 2.33. The Morgan fingerprint density at radius 2 is 2.12 bits per heavy atom. The fraction of sp³-hybridized carbons (Fsp3) is 0.500. The normalized spacial score (nSPS) is 12.2. The lowest BCUT2D eigenvalue weighted by molar-refractivity contribution is -0.147. The van der Waals surface area contributed by atoms with Crippen LogP contribution in [0.3, 0.4) is 0 Å². The summed E-state index contributed by atoms with van der Waals surface area (Å²) in [5, 5.41) is 3.28. The second kappa shape index (κ2) is 7.07. The highest BCUT2D eigenvalue weighted by atomic mass is 16.5. The van der Waals surface area contributed by atoms with Crippen LogP contribution in [0.5, 0.6) is 0 Å². The van der Waals surface area contributed by atoms with Gasteiger partial charge in [-0.05, 0) is 25.0 Å². The molecule has 1 unspecified atom stereocenters. The highest BCUT2D eigenvalue weighted by Crippen LogP contribution is 2.06. The molecule has 1 atom stereocenters. The van der Waals surface area contributed by atoms with Gasteiger partial charge in [-0.3, -0.25) is 4.79 Å². The van der Waals surface area contributed by atoms with E-state index in [1.165, 1.54) is 11.1 Å². The fourth-order valence-corrected chi connectivity index (χ4v) is 1.60. The van der Waals surface area contributed by atoms with Crippen LogP contribution >= 0.6 is 0 Å². The van der Waals surface area contributed by atoms with Crippen LogP contribution in [0.25, 0.3) is 0 Å². The van der Waals surface area contributed by atoms with Crippen molar-refractivity contribution in [2.75, 3.05) is 13.2 Å². The molecule has 1 aromatic rings. The van der Waals surface area contributed by atoms with Crippen LogP contribution in [0.15, 0.2) is 24.3 Å². The van der Waals surface area contributed by atoms with Crippen LogP contribution < -0.4 is 5.32 Å². The molecule has 0 aliphatic rings. The van der Waals surface area contributed by atoms with Gasteiger partial charge < -0.3 is 10.1 Å². The van der Waals surface area contributed by atoms with Crippen molar-refractivity contribution < 1.29 is 9.53 Å². The van der Waals surface area contributed by atoms with E-state index in [4.69, 9.17) is 4.74 Å². The van der Waals surface area contributed by atoms with Crippen molar-refractivity contribution in [3.63, 3.8) is 0 Å². The average molecular weight is 235 g/mol. The maximum Gasteiger partial charge on any atom is 0.309 e. The van der Waals surface area contributed by atoms with Gasteiger partial charge in [0.05, 0.1) is 12.5 Å². The highest BCUT2D eigenvalue weighted by Gasteiger charge is 2.12. The Kier molecular flexibility index (Phi) is 5.70. The molecular formula is C14H21NO2. The van der Waals surface area contributed by atoms with E-state index < -0.39 is 0 Å². The van der Waals surface area contributed by atoms with Gasteiger partial charge in [0.25, 0.3) is 0 Å². The molecule has 0 saturated heterocycles. The number of carbonyl (C=O) groups is 1. The minimum atomic E-state index is -0.134. The average Bonchev–Trinajstić information content (AvgIpc) is 2.31. The number of hydrogen-bond acceptors (Lipinski definition) is 3. The lowest BCUT2D eigenvalue weighted by atomic mass is 10.1. The Labute approximate surface area is 103 Å². The molecule has 0 radical (unpaired) electrons. The van der Waals surface area contributed by atoms with Crippen molar-refractivity contribution in [2.45, 2.75) is 27.3 Å². The summed E-state index contributed by atoms with van der Waals surface area (Å²) in [4.78, 5) is 11.4. The largest absolute Gasteiger partial charge is 0.466 e. The molecule has 0 aliphatic heterocycles. The van der Waals surface area contributed by atoms with Gasteiger partial charge in [-0.1, -0.05) is 31.2 Å². The van der Waals surface area contributed by atoms with E-state index in [0.717, 1.165) is 6.54 Å². The van der Waals surface area contributed by atoms with Gasteiger partial charge in [0, 0.05) is 13.1 Å². The van der Waals surface area contributed by atoms with E-state index >= 15 is 0 Å². The molecule has 0 heterocycles. The van der Waals surface area contributed by atoms with Gasteiger partial charge in [-0.15, -0.1) is 0 Å². The number of nitrogens with one attached hydrogen (secondary N) is 1. The van der Waals surface area contributed by atoms with Crippen LogP contribution in [-0.4, -0.2) is 19.1 Å². The molecule has 0 amide bonds. The number of hydrogen-bond donors (Lipinski definition) is 1. The third kappa shape index (κ3) is 4.57. The number of esters is 1. The first kappa shape index (κ1) is 13.7. The molecule has 0 saturated carbocycles. The van der Waals surface area contributed by atoms with Crippen molar-refractivity contribution in [1.29, 1.82) is 0 Å². The Bertz CT molecular complexity index is 363. The smallest absolute Gasteiger partial charge is 0.309 e. The molecule has 3 heteroatoms. The first-order chi connectivity index (χ1) is 8.15. The van der Waals surface area contributed by atoms with Crippen LogP contribution in [0.4, 0.5) is 0 Å².